The summed E-state index contributed by atoms with van der Waals surface area (Å²) in [4.78, 5) is 10.2. The van der Waals surface area contributed by atoms with Crippen molar-refractivity contribution in [3.63, 3.8) is 0 Å². The summed E-state index contributed by atoms with van der Waals surface area (Å²) in [6.45, 7) is 0. The van der Waals surface area contributed by atoms with Crippen LogP contribution in [-0.2, 0) is 15.6 Å². The highest BCUT2D eigenvalue weighted by molar-refractivity contribution is 7.85. The molecule has 1 N–H and O–H groups in total. The standard InChI is InChI=1S/C10H18O3S/c11-10(12)7-3-4-8-14(13)9-5-1-2-6-9/h9H,1-8H2,(H,11,12). The normalized spacial score (nSPS) is 19.7. The maximum Gasteiger partial charge on any atom is 0.303 e. The Labute approximate surface area is 87.3 Å². The quantitative estimate of drug-likeness (QED) is 0.693. The predicted octanol–water partition coefficient (Wildman–Crippen LogP) is 1.93. The molecule has 82 valence electrons. The predicted molar refractivity (Wildman–Crippen MR) is 56.8 cm³/mol. The summed E-state index contributed by atoms with van der Waals surface area (Å²) in [7, 11) is -0.703. The van der Waals surface area contributed by atoms with Gasteiger partial charge in [0.05, 0.1) is 0 Å². The molecule has 0 heterocycles. The van der Waals surface area contributed by atoms with Crippen LogP contribution in [0.25, 0.3) is 0 Å². The Morgan fingerprint density at radius 2 is 1.93 bits per heavy atom. The lowest BCUT2D eigenvalue weighted by Crippen LogP contribution is -2.13. The molecule has 3 nitrogen and oxygen atoms in total. The highest BCUT2D eigenvalue weighted by Crippen LogP contribution is 2.23. The van der Waals surface area contributed by atoms with Gasteiger partial charge in [-0.3, -0.25) is 9.00 Å². The highest BCUT2D eigenvalue weighted by Gasteiger charge is 2.20. The van der Waals surface area contributed by atoms with Crippen molar-refractivity contribution >= 4 is 16.8 Å². The number of carboxylic acid groups (broad SMARTS) is 1. The summed E-state index contributed by atoms with van der Waals surface area (Å²) in [5.41, 5.74) is 0. The van der Waals surface area contributed by atoms with E-state index < -0.39 is 16.8 Å². The molecule has 0 aromatic carbocycles. The van der Waals surface area contributed by atoms with Crippen molar-refractivity contribution in [2.45, 2.75) is 50.2 Å². The molecular formula is C10H18O3S. The van der Waals surface area contributed by atoms with Crippen molar-refractivity contribution < 1.29 is 14.1 Å². The molecule has 14 heavy (non-hydrogen) atoms. The summed E-state index contributed by atoms with van der Waals surface area (Å²) in [5.74, 6) is -0.0607. The number of unbranched alkanes of at least 4 members (excludes halogenated alkanes) is 1. The zero-order chi connectivity index (χ0) is 10.4. The van der Waals surface area contributed by atoms with Gasteiger partial charge in [-0.05, 0) is 25.7 Å². The second-order valence-electron chi connectivity index (χ2n) is 3.84. The highest BCUT2D eigenvalue weighted by atomic mass is 32.2. The van der Waals surface area contributed by atoms with Crippen molar-refractivity contribution in [2.24, 2.45) is 0 Å². The maximum absolute atomic E-state index is 11.7. The van der Waals surface area contributed by atoms with Crippen LogP contribution in [0.4, 0.5) is 0 Å². The number of hydrogen-bond acceptors (Lipinski definition) is 2. The maximum atomic E-state index is 11.7. The third-order valence-corrected chi connectivity index (χ3v) is 4.57. The Hall–Kier alpha value is -0.380. The van der Waals surface area contributed by atoms with E-state index in [2.05, 4.69) is 0 Å². The molecule has 1 rings (SSSR count). The molecule has 0 saturated heterocycles. The molecule has 0 aromatic rings. The Morgan fingerprint density at radius 3 is 2.50 bits per heavy atom. The molecule has 0 aliphatic heterocycles. The van der Waals surface area contributed by atoms with Crippen LogP contribution in [0.1, 0.15) is 44.9 Å². The van der Waals surface area contributed by atoms with Crippen LogP contribution in [0.3, 0.4) is 0 Å². The third kappa shape index (κ3) is 4.22. The molecule has 1 unspecified atom stereocenters. The molecule has 1 aliphatic carbocycles. The van der Waals surface area contributed by atoms with E-state index in [1.165, 1.54) is 12.8 Å². The lowest BCUT2D eigenvalue weighted by Gasteiger charge is -2.07. The van der Waals surface area contributed by atoms with Gasteiger partial charge in [0.1, 0.15) is 0 Å². The molecule has 0 bridgehead atoms. The smallest absolute Gasteiger partial charge is 0.303 e. The second-order valence-corrected chi connectivity index (χ2v) is 5.68. The fraction of sp³-hybridized carbons (Fsp3) is 0.900. The zero-order valence-electron chi connectivity index (χ0n) is 8.41. The van der Waals surface area contributed by atoms with Gasteiger partial charge in [0.2, 0.25) is 0 Å². The van der Waals surface area contributed by atoms with Gasteiger partial charge >= 0.3 is 5.97 Å². The van der Waals surface area contributed by atoms with E-state index in [9.17, 15) is 9.00 Å². The van der Waals surface area contributed by atoms with Crippen molar-refractivity contribution in [1.82, 2.24) is 0 Å². The first kappa shape index (κ1) is 11.7. The lowest BCUT2D eigenvalue weighted by molar-refractivity contribution is -0.137. The summed E-state index contributed by atoms with van der Waals surface area (Å²) in [6, 6.07) is 0. The summed E-state index contributed by atoms with van der Waals surface area (Å²) < 4.78 is 11.7. The number of carboxylic acids is 1. The molecular weight excluding hydrogens is 200 g/mol. The van der Waals surface area contributed by atoms with Gasteiger partial charge in [0.25, 0.3) is 0 Å². The average molecular weight is 218 g/mol. The van der Waals surface area contributed by atoms with Crippen LogP contribution in [0.2, 0.25) is 0 Å². The minimum atomic E-state index is -0.753. The monoisotopic (exact) mass is 218 g/mol. The van der Waals surface area contributed by atoms with E-state index in [1.54, 1.807) is 0 Å². The Bertz CT molecular complexity index is 209. The lowest BCUT2D eigenvalue weighted by atomic mass is 10.2. The largest absolute Gasteiger partial charge is 0.481 e. The van der Waals surface area contributed by atoms with Crippen molar-refractivity contribution in [3.8, 4) is 0 Å². The number of carbonyl (C=O) groups is 1. The van der Waals surface area contributed by atoms with E-state index in [4.69, 9.17) is 5.11 Å². The van der Waals surface area contributed by atoms with Crippen molar-refractivity contribution in [1.29, 1.82) is 0 Å². The van der Waals surface area contributed by atoms with Crippen LogP contribution >= 0.6 is 0 Å². The first-order valence-corrected chi connectivity index (χ1v) is 6.67. The van der Waals surface area contributed by atoms with Gasteiger partial charge < -0.3 is 5.11 Å². The zero-order valence-corrected chi connectivity index (χ0v) is 9.22. The van der Waals surface area contributed by atoms with E-state index in [1.807, 2.05) is 0 Å². The van der Waals surface area contributed by atoms with Crippen LogP contribution in [-0.4, -0.2) is 26.3 Å². The Balaban J connectivity index is 2.05. The molecule has 0 aromatic heterocycles. The van der Waals surface area contributed by atoms with E-state index >= 15 is 0 Å². The van der Waals surface area contributed by atoms with Gasteiger partial charge in [-0.2, -0.15) is 0 Å². The van der Waals surface area contributed by atoms with Gasteiger partial charge in [0, 0.05) is 28.2 Å². The van der Waals surface area contributed by atoms with E-state index in [-0.39, 0.29) is 6.42 Å². The second kappa shape index (κ2) is 6.17. The summed E-state index contributed by atoms with van der Waals surface area (Å²) in [6.07, 6.45) is 6.29. The first-order chi connectivity index (χ1) is 6.70. The van der Waals surface area contributed by atoms with Crippen LogP contribution in [0.5, 0.6) is 0 Å². The fourth-order valence-corrected chi connectivity index (χ4v) is 3.52. The number of rotatable bonds is 6. The molecule has 1 aliphatic rings. The SMILES string of the molecule is O=C(O)CCCCS(=O)C1CCCC1. The first-order valence-electron chi connectivity index (χ1n) is 5.29. The molecule has 0 amide bonds. The van der Waals surface area contributed by atoms with Gasteiger partial charge in [0.15, 0.2) is 0 Å². The number of hydrogen-bond donors (Lipinski definition) is 1. The fourth-order valence-electron chi connectivity index (χ4n) is 1.84. The van der Waals surface area contributed by atoms with Crippen molar-refractivity contribution in [2.75, 3.05) is 5.75 Å². The van der Waals surface area contributed by atoms with Gasteiger partial charge in [-0.25, -0.2) is 0 Å². The third-order valence-electron chi connectivity index (χ3n) is 2.66. The Morgan fingerprint density at radius 1 is 1.29 bits per heavy atom. The van der Waals surface area contributed by atoms with E-state index in [0.29, 0.717) is 17.4 Å². The van der Waals surface area contributed by atoms with Gasteiger partial charge in [-0.1, -0.05) is 12.8 Å². The molecule has 4 heteroatoms. The van der Waals surface area contributed by atoms with Crippen LogP contribution < -0.4 is 0 Å². The summed E-state index contributed by atoms with van der Waals surface area (Å²) in [5, 5.41) is 8.82. The molecule has 1 atom stereocenters. The number of aliphatic carboxylic acids is 1. The Kier molecular flexibility index (Phi) is 5.15. The van der Waals surface area contributed by atoms with E-state index in [0.717, 1.165) is 19.3 Å². The molecule has 0 spiro atoms. The molecule has 1 fully saturated rings. The molecule has 0 radical (unpaired) electrons. The average Bonchev–Trinajstić information content (AvgIpc) is 2.64. The molecule has 1 saturated carbocycles. The minimum absolute atomic E-state index is 0.210. The van der Waals surface area contributed by atoms with Crippen LogP contribution in [0, 0.1) is 0 Å². The van der Waals surface area contributed by atoms with Crippen LogP contribution in [0.15, 0.2) is 0 Å². The van der Waals surface area contributed by atoms with Crippen molar-refractivity contribution in [3.05, 3.63) is 0 Å². The van der Waals surface area contributed by atoms with Gasteiger partial charge in [-0.15, -0.1) is 0 Å². The topological polar surface area (TPSA) is 54.4 Å². The minimum Gasteiger partial charge on any atom is -0.481 e. The summed E-state index contributed by atoms with van der Waals surface area (Å²) >= 11 is 0.